The number of nitrogens with one attached hydrogen (secondary N) is 1. The summed E-state index contributed by atoms with van der Waals surface area (Å²) in [6.45, 7) is 0. The van der Waals surface area contributed by atoms with E-state index < -0.39 is 46.9 Å². The van der Waals surface area contributed by atoms with E-state index in [0.717, 1.165) is 22.8 Å². The molecule has 10 nitrogen and oxygen atoms in total. The van der Waals surface area contributed by atoms with Gasteiger partial charge in [0.2, 0.25) is 11.8 Å². The smallest absolute Gasteiger partial charge is 0.360 e. The molecule has 0 amide bonds. The molecule has 6 aromatic carbocycles. The number of aliphatic carboxylic acids is 1. The van der Waals surface area contributed by atoms with Crippen molar-refractivity contribution in [1.29, 1.82) is 0 Å². The number of thiazole rings is 1. The van der Waals surface area contributed by atoms with Crippen LogP contribution in [0.1, 0.15) is 51.3 Å². The van der Waals surface area contributed by atoms with Gasteiger partial charge in [0.25, 0.3) is 0 Å². The lowest BCUT2D eigenvalue weighted by Gasteiger charge is -2.36. The molecule has 1 heterocycles. The Morgan fingerprint density at radius 1 is 0.643 bits per heavy atom. The molecule has 0 fully saturated rings. The molecule has 0 aliphatic rings. The van der Waals surface area contributed by atoms with E-state index in [4.69, 9.17) is 9.57 Å². The molecule has 56 heavy (non-hydrogen) atoms. The lowest BCUT2D eigenvalue weighted by atomic mass is 9.77. The quantitative estimate of drug-likeness (QED) is 0.0280. The highest BCUT2D eigenvalue weighted by molar-refractivity contribution is 7.14. The van der Waals surface area contributed by atoms with Gasteiger partial charge >= 0.3 is 11.9 Å². The van der Waals surface area contributed by atoms with Crippen LogP contribution in [0, 0.1) is 0 Å². The van der Waals surface area contributed by atoms with Crippen LogP contribution < -0.4 is 5.32 Å². The summed E-state index contributed by atoms with van der Waals surface area (Å²) in [5.74, 6) is -3.35. The second-order valence-electron chi connectivity index (χ2n) is 12.6. The number of phenols is 2. The van der Waals surface area contributed by atoms with Crippen molar-refractivity contribution in [3.05, 3.63) is 214 Å². The maximum Gasteiger partial charge on any atom is 0.360 e. The van der Waals surface area contributed by atoms with Gasteiger partial charge in [0.15, 0.2) is 22.7 Å². The first-order chi connectivity index (χ1) is 27.3. The summed E-state index contributed by atoms with van der Waals surface area (Å²) in [5, 5.41) is 40.3. The van der Waals surface area contributed by atoms with Gasteiger partial charge in [-0.15, -0.1) is 11.3 Å². The molecular formula is C45H35N3O7S. The van der Waals surface area contributed by atoms with Crippen LogP contribution in [0.2, 0.25) is 0 Å². The van der Waals surface area contributed by atoms with Crippen molar-refractivity contribution in [1.82, 2.24) is 4.98 Å². The summed E-state index contributed by atoms with van der Waals surface area (Å²) >= 11 is 1.18. The highest BCUT2D eigenvalue weighted by atomic mass is 32.1. The van der Waals surface area contributed by atoms with E-state index in [1.54, 1.807) is 0 Å². The molecule has 11 heteroatoms. The predicted molar refractivity (Wildman–Crippen MR) is 214 cm³/mol. The van der Waals surface area contributed by atoms with Crippen LogP contribution in [-0.4, -0.2) is 38.0 Å². The average Bonchev–Trinajstić information content (AvgIpc) is 3.71. The van der Waals surface area contributed by atoms with Crippen LogP contribution in [0.5, 0.6) is 11.5 Å². The third kappa shape index (κ3) is 7.98. The fourth-order valence-electron chi connectivity index (χ4n) is 6.39. The van der Waals surface area contributed by atoms with Crippen molar-refractivity contribution in [2.45, 2.75) is 17.7 Å². The number of carboxylic acids is 1. The summed E-state index contributed by atoms with van der Waals surface area (Å²) in [6, 6.07) is 51.4. The van der Waals surface area contributed by atoms with Crippen LogP contribution >= 0.6 is 11.3 Å². The molecule has 0 saturated carbocycles. The number of carbonyl (C=O) groups is 2. The lowest BCUT2D eigenvalue weighted by molar-refractivity contribution is -0.162. The zero-order valence-corrected chi connectivity index (χ0v) is 30.5. The minimum atomic E-state index is -1.66. The van der Waals surface area contributed by atoms with Crippen LogP contribution in [0.3, 0.4) is 0 Å². The molecular weight excluding hydrogens is 727 g/mol. The number of oxime groups is 1. The number of rotatable bonds is 14. The van der Waals surface area contributed by atoms with E-state index >= 15 is 0 Å². The number of hydrogen-bond acceptors (Lipinski definition) is 10. The minimum Gasteiger partial charge on any atom is -0.504 e. The molecule has 0 aliphatic heterocycles. The number of carbonyl (C=O) groups excluding carboxylic acids is 1. The Kier molecular flexibility index (Phi) is 11.2. The largest absolute Gasteiger partial charge is 0.504 e. The summed E-state index contributed by atoms with van der Waals surface area (Å²) in [5.41, 5.74) is 2.63. The number of esters is 1. The third-order valence-corrected chi connectivity index (χ3v) is 9.83. The molecule has 0 saturated heterocycles. The maximum absolute atomic E-state index is 14.0. The number of ether oxygens (including phenoxy) is 1. The monoisotopic (exact) mass is 761 g/mol. The topological polar surface area (TPSA) is 151 Å². The van der Waals surface area contributed by atoms with E-state index in [-0.39, 0.29) is 11.3 Å². The van der Waals surface area contributed by atoms with E-state index in [0.29, 0.717) is 16.3 Å². The van der Waals surface area contributed by atoms with Gasteiger partial charge in [0.05, 0.1) is 0 Å². The van der Waals surface area contributed by atoms with Gasteiger partial charge in [-0.1, -0.05) is 163 Å². The molecule has 0 aliphatic carbocycles. The first-order valence-corrected chi connectivity index (χ1v) is 18.4. The molecule has 0 radical (unpaired) electrons. The van der Waals surface area contributed by atoms with E-state index in [9.17, 15) is 24.9 Å². The lowest BCUT2D eigenvalue weighted by Crippen LogP contribution is -2.38. The summed E-state index contributed by atoms with van der Waals surface area (Å²) in [6.07, 6.45) is -2.53. The van der Waals surface area contributed by atoms with Gasteiger partial charge in [-0.3, -0.25) is 0 Å². The summed E-state index contributed by atoms with van der Waals surface area (Å²) in [7, 11) is 0. The van der Waals surface area contributed by atoms with E-state index in [2.05, 4.69) is 15.5 Å². The van der Waals surface area contributed by atoms with Gasteiger partial charge in [-0.25, -0.2) is 14.6 Å². The van der Waals surface area contributed by atoms with Crippen molar-refractivity contribution in [2.24, 2.45) is 5.16 Å². The number of aromatic hydroxyl groups is 2. The molecule has 0 spiro atoms. The van der Waals surface area contributed by atoms with Gasteiger partial charge in [-0.2, -0.15) is 0 Å². The van der Waals surface area contributed by atoms with Crippen LogP contribution in [0.4, 0.5) is 5.13 Å². The second-order valence-corrected chi connectivity index (χ2v) is 13.5. The Balaban J connectivity index is 1.25. The first kappa shape index (κ1) is 37.1. The van der Waals surface area contributed by atoms with Gasteiger partial charge in [0, 0.05) is 10.9 Å². The fraction of sp³-hybridized carbons (Fsp3) is 0.0667. The minimum absolute atomic E-state index is 0.0276. The predicted octanol–water partition coefficient (Wildman–Crippen LogP) is 8.84. The molecule has 7 aromatic rings. The summed E-state index contributed by atoms with van der Waals surface area (Å²) < 4.78 is 6.04. The average molecular weight is 762 g/mol. The van der Waals surface area contributed by atoms with Crippen molar-refractivity contribution in [2.75, 3.05) is 5.32 Å². The van der Waals surface area contributed by atoms with Crippen LogP contribution in [-0.2, 0) is 24.7 Å². The number of hydrogen-bond donors (Lipinski definition) is 4. The maximum atomic E-state index is 14.0. The Hall–Kier alpha value is -7.24. The van der Waals surface area contributed by atoms with Crippen molar-refractivity contribution in [3.63, 3.8) is 0 Å². The van der Waals surface area contributed by atoms with E-state index in [1.807, 2.05) is 152 Å². The molecule has 1 aromatic heterocycles. The SMILES string of the molecule is O=C(O)C(=NO[C@@H](C(=O)OC(c1ccccc1)c1ccccc1)c1ccc(O)c(O)c1)c1csc(NC(c2ccccc2)(c2ccccc2)c2ccccc2)n1. The number of nitrogens with zero attached hydrogens (tertiary/aromatic N) is 2. The Morgan fingerprint density at radius 3 is 1.59 bits per heavy atom. The number of aromatic nitrogens is 1. The molecule has 7 rings (SSSR count). The molecule has 4 N–H and O–H groups in total. The number of carboxylic acid groups (broad SMARTS) is 1. The Bertz CT molecular complexity index is 2290. The van der Waals surface area contributed by atoms with Gasteiger partial charge in [0.1, 0.15) is 11.2 Å². The zero-order valence-electron chi connectivity index (χ0n) is 29.7. The molecule has 0 unspecified atom stereocenters. The second kappa shape index (κ2) is 16.8. The standard InChI is InChI=1S/C45H35N3O7S/c49-37-27-26-32(28-38(37)50)41(43(53)54-40(30-16-6-1-7-17-30)31-18-8-2-9-19-31)55-48-39(42(51)52)36-29-56-44(46-36)47-45(33-20-10-3-11-21-33,34-22-12-4-13-23-34)35-24-14-5-15-25-35/h1-29,40-41,49-50H,(H,46,47)(H,51,52)/t41-/m1/s1. The number of benzene rings is 6. The first-order valence-electron chi connectivity index (χ1n) is 17.5. The van der Waals surface area contributed by atoms with Crippen molar-refractivity contribution < 1.29 is 34.5 Å². The number of phenolic OH excluding ortho intramolecular Hbond substituents is 2. The van der Waals surface area contributed by atoms with Crippen molar-refractivity contribution >= 4 is 34.1 Å². The molecule has 0 bridgehead atoms. The van der Waals surface area contributed by atoms with Crippen LogP contribution in [0.15, 0.2) is 180 Å². The van der Waals surface area contributed by atoms with Gasteiger partial charge < -0.3 is 30.2 Å². The zero-order chi connectivity index (χ0) is 38.9. The normalized spacial score (nSPS) is 12.1. The third-order valence-electron chi connectivity index (χ3n) is 9.07. The Morgan fingerprint density at radius 2 is 1.12 bits per heavy atom. The van der Waals surface area contributed by atoms with Crippen LogP contribution in [0.25, 0.3) is 0 Å². The number of anilines is 1. The summed E-state index contributed by atoms with van der Waals surface area (Å²) in [4.78, 5) is 37.2. The molecule has 1 atom stereocenters. The van der Waals surface area contributed by atoms with E-state index in [1.165, 1.54) is 28.8 Å². The highest BCUT2D eigenvalue weighted by Crippen LogP contribution is 2.41. The highest BCUT2D eigenvalue weighted by Gasteiger charge is 2.37. The fourth-order valence-corrected chi connectivity index (χ4v) is 7.14. The molecule has 278 valence electrons. The Labute approximate surface area is 326 Å². The van der Waals surface area contributed by atoms with Gasteiger partial charge in [-0.05, 0) is 39.9 Å². The van der Waals surface area contributed by atoms with Crippen molar-refractivity contribution in [3.8, 4) is 11.5 Å².